The van der Waals surface area contributed by atoms with Crippen LogP contribution >= 0.6 is 0 Å². The molecule has 1 heterocycles. The van der Waals surface area contributed by atoms with Gasteiger partial charge in [0.05, 0.1) is 0 Å². The van der Waals surface area contributed by atoms with Crippen LogP contribution in [0.4, 0.5) is 17.3 Å². The topological polar surface area (TPSA) is 67.1 Å². The minimum Gasteiger partial charge on any atom is -0.393 e. The predicted molar refractivity (Wildman–Crippen MR) is 120 cm³/mol. The summed E-state index contributed by atoms with van der Waals surface area (Å²) in [6.45, 7) is 3.21. The van der Waals surface area contributed by atoms with Crippen molar-refractivity contribution in [1.29, 1.82) is 0 Å². The highest BCUT2D eigenvalue weighted by atomic mass is 15.2. The van der Waals surface area contributed by atoms with Gasteiger partial charge in [0.2, 0.25) is 0 Å². The highest BCUT2D eigenvalue weighted by molar-refractivity contribution is 5.74. The van der Waals surface area contributed by atoms with Crippen LogP contribution in [0.15, 0.2) is 6.33 Å². The smallest absolute Gasteiger partial charge is 0.156 e. The number of hydrogen-bond donors (Lipinski definition) is 2. The first-order valence-corrected chi connectivity index (χ1v) is 11.2. The minimum absolute atomic E-state index is 0.632. The van der Waals surface area contributed by atoms with Crippen molar-refractivity contribution in [2.45, 2.75) is 96.8 Å². The number of nitrogens with two attached hydrogens (primary N) is 1. The number of hydrogen-bond acceptors (Lipinski definition) is 5. The molecule has 0 aliphatic carbocycles. The summed E-state index contributed by atoms with van der Waals surface area (Å²) < 4.78 is 0. The monoisotopic (exact) mass is 377 g/mol. The van der Waals surface area contributed by atoms with Gasteiger partial charge in [0, 0.05) is 20.6 Å². The Kier molecular flexibility index (Phi) is 13.5. The van der Waals surface area contributed by atoms with Gasteiger partial charge in [0.1, 0.15) is 12.0 Å². The van der Waals surface area contributed by atoms with Crippen LogP contribution in [0, 0.1) is 0 Å². The van der Waals surface area contributed by atoms with Gasteiger partial charge in [0.15, 0.2) is 11.6 Å². The SMILES string of the molecule is CCCCCCCCCCCCCCCCNc1ncnc(N(C)C)c1N. The number of aromatic nitrogens is 2. The van der Waals surface area contributed by atoms with Crippen LogP contribution in [0.5, 0.6) is 0 Å². The van der Waals surface area contributed by atoms with Gasteiger partial charge in [-0.1, -0.05) is 90.4 Å². The molecule has 0 aliphatic rings. The molecular weight excluding hydrogens is 334 g/mol. The second-order valence-corrected chi connectivity index (χ2v) is 7.88. The molecule has 1 aromatic rings. The molecule has 156 valence electrons. The lowest BCUT2D eigenvalue weighted by Gasteiger charge is -2.16. The van der Waals surface area contributed by atoms with E-state index in [1.165, 1.54) is 89.9 Å². The first-order valence-electron chi connectivity index (χ1n) is 11.2. The van der Waals surface area contributed by atoms with Crippen LogP contribution in [0.2, 0.25) is 0 Å². The van der Waals surface area contributed by atoms with Gasteiger partial charge in [-0.15, -0.1) is 0 Å². The summed E-state index contributed by atoms with van der Waals surface area (Å²) in [6.07, 6.45) is 20.9. The number of nitrogen functional groups attached to an aromatic ring is 1. The normalized spacial score (nSPS) is 10.9. The Bertz CT molecular complexity index is 476. The van der Waals surface area contributed by atoms with Gasteiger partial charge in [-0.2, -0.15) is 0 Å². The number of unbranched alkanes of at least 4 members (excludes halogenated alkanes) is 13. The van der Waals surface area contributed by atoms with E-state index in [0.717, 1.165) is 18.2 Å². The molecule has 0 fully saturated rings. The zero-order chi connectivity index (χ0) is 19.7. The first kappa shape index (κ1) is 23.5. The van der Waals surface area contributed by atoms with Crippen molar-refractivity contribution in [3.8, 4) is 0 Å². The van der Waals surface area contributed by atoms with E-state index in [0.29, 0.717) is 5.69 Å². The van der Waals surface area contributed by atoms with Crippen LogP contribution in [0.25, 0.3) is 0 Å². The summed E-state index contributed by atoms with van der Waals surface area (Å²) in [4.78, 5) is 10.4. The molecule has 1 rings (SSSR count). The number of nitrogens with zero attached hydrogens (tertiary/aromatic N) is 3. The maximum absolute atomic E-state index is 6.12. The van der Waals surface area contributed by atoms with Gasteiger partial charge in [-0.05, 0) is 6.42 Å². The third-order valence-electron chi connectivity index (χ3n) is 5.11. The highest BCUT2D eigenvalue weighted by Gasteiger charge is 2.08. The average Bonchev–Trinajstić information content (AvgIpc) is 2.65. The van der Waals surface area contributed by atoms with Crippen LogP contribution in [0.1, 0.15) is 96.8 Å². The largest absolute Gasteiger partial charge is 0.393 e. The lowest BCUT2D eigenvalue weighted by Crippen LogP contribution is -2.15. The molecule has 0 radical (unpaired) electrons. The molecule has 0 amide bonds. The van der Waals surface area contributed by atoms with Gasteiger partial charge < -0.3 is 16.0 Å². The van der Waals surface area contributed by atoms with E-state index in [1.807, 2.05) is 19.0 Å². The van der Waals surface area contributed by atoms with Crippen LogP contribution < -0.4 is 16.0 Å². The van der Waals surface area contributed by atoms with Gasteiger partial charge in [-0.3, -0.25) is 0 Å². The third kappa shape index (κ3) is 11.0. The summed E-state index contributed by atoms with van der Waals surface area (Å²) in [5.41, 5.74) is 6.75. The van der Waals surface area contributed by atoms with E-state index in [4.69, 9.17) is 5.73 Å². The van der Waals surface area contributed by atoms with Crippen LogP contribution in [-0.2, 0) is 0 Å². The fraction of sp³-hybridized carbons (Fsp3) is 0.818. The van der Waals surface area contributed by atoms with E-state index >= 15 is 0 Å². The van der Waals surface area contributed by atoms with Gasteiger partial charge in [-0.25, -0.2) is 9.97 Å². The summed E-state index contributed by atoms with van der Waals surface area (Å²) in [5, 5.41) is 3.35. The first-order chi connectivity index (χ1) is 13.2. The fourth-order valence-corrected chi connectivity index (χ4v) is 3.41. The van der Waals surface area contributed by atoms with Crippen molar-refractivity contribution in [2.75, 3.05) is 36.6 Å². The standard InChI is InChI=1S/C22H43N5/c1-4-5-6-7-8-9-10-11-12-13-14-15-16-17-18-24-21-20(23)22(27(2)3)26-19-25-21/h19H,4-18,23H2,1-3H3,(H,24,25,26). The molecule has 3 N–H and O–H groups in total. The quantitative estimate of drug-likeness (QED) is 0.325. The molecule has 5 heteroatoms. The van der Waals surface area contributed by atoms with Crippen molar-refractivity contribution < 1.29 is 0 Å². The summed E-state index contributed by atoms with van der Waals surface area (Å²) in [5.74, 6) is 1.52. The maximum atomic E-state index is 6.12. The van der Waals surface area contributed by atoms with E-state index in [2.05, 4.69) is 22.2 Å². The molecule has 5 nitrogen and oxygen atoms in total. The fourth-order valence-electron chi connectivity index (χ4n) is 3.41. The second-order valence-electron chi connectivity index (χ2n) is 7.88. The summed E-state index contributed by atoms with van der Waals surface area (Å²) >= 11 is 0. The Morgan fingerprint density at radius 2 is 1.26 bits per heavy atom. The highest BCUT2D eigenvalue weighted by Crippen LogP contribution is 2.24. The van der Waals surface area contributed by atoms with Crippen molar-refractivity contribution in [2.24, 2.45) is 0 Å². The molecule has 0 aromatic carbocycles. The maximum Gasteiger partial charge on any atom is 0.156 e. The Hall–Kier alpha value is -1.52. The molecule has 0 saturated heterocycles. The van der Waals surface area contributed by atoms with Gasteiger partial charge >= 0.3 is 0 Å². The van der Waals surface area contributed by atoms with E-state index in [9.17, 15) is 0 Å². The van der Waals surface area contributed by atoms with E-state index in [-0.39, 0.29) is 0 Å². The molecular formula is C22H43N5. The third-order valence-corrected chi connectivity index (χ3v) is 5.11. The van der Waals surface area contributed by atoms with Crippen LogP contribution in [-0.4, -0.2) is 30.6 Å². The number of rotatable bonds is 17. The summed E-state index contributed by atoms with van der Waals surface area (Å²) in [6, 6.07) is 0. The molecule has 0 atom stereocenters. The Labute approximate surface area is 167 Å². The molecule has 1 aromatic heterocycles. The van der Waals surface area contributed by atoms with Crippen molar-refractivity contribution in [3.63, 3.8) is 0 Å². The predicted octanol–water partition coefficient (Wildman–Crippen LogP) is 6.02. The molecule has 0 spiro atoms. The van der Waals surface area contributed by atoms with Crippen molar-refractivity contribution >= 4 is 17.3 Å². The Morgan fingerprint density at radius 3 is 1.74 bits per heavy atom. The van der Waals surface area contributed by atoms with Crippen molar-refractivity contribution in [1.82, 2.24) is 9.97 Å². The average molecular weight is 378 g/mol. The minimum atomic E-state index is 0.632. The molecule has 0 bridgehead atoms. The molecule has 27 heavy (non-hydrogen) atoms. The van der Waals surface area contributed by atoms with Gasteiger partial charge in [0.25, 0.3) is 0 Å². The lowest BCUT2D eigenvalue weighted by atomic mass is 10.0. The Morgan fingerprint density at radius 1 is 0.778 bits per heavy atom. The number of anilines is 3. The second kappa shape index (κ2) is 15.5. The molecule has 0 saturated carbocycles. The van der Waals surface area contributed by atoms with Crippen LogP contribution in [0.3, 0.4) is 0 Å². The molecule has 0 unspecified atom stereocenters. The zero-order valence-electron chi connectivity index (χ0n) is 18.1. The van der Waals surface area contributed by atoms with E-state index < -0.39 is 0 Å². The summed E-state index contributed by atoms with van der Waals surface area (Å²) in [7, 11) is 3.88. The molecule has 0 aliphatic heterocycles. The zero-order valence-corrected chi connectivity index (χ0v) is 18.1. The van der Waals surface area contributed by atoms with E-state index in [1.54, 1.807) is 6.33 Å². The number of nitrogens with one attached hydrogen (secondary N) is 1. The lowest BCUT2D eigenvalue weighted by molar-refractivity contribution is 0.537. The van der Waals surface area contributed by atoms with Crippen molar-refractivity contribution in [3.05, 3.63) is 6.33 Å². The Balaban J connectivity index is 1.92.